The van der Waals surface area contributed by atoms with Crippen molar-refractivity contribution >= 4 is 45.9 Å². The van der Waals surface area contributed by atoms with Crippen LogP contribution in [0.4, 0.5) is 5.69 Å². The molecule has 0 spiro atoms. The summed E-state index contributed by atoms with van der Waals surface area (Å²) in [5.41, 5.74) is 3.64. The first-order chi connectivity index (χ1) is 12.6. The van der Waals surface area contributed by atoms with E-state index < -0.39 is 0 Å². The molecule has 26 heavy (non-hydrogen) atoms. The average molecular weight is 477 g/mol. The number of nitriles is 1. The number of nitrogens with zero attached hydrogens (tertiary/aromatic N) is 2. The minimum Gasteiger partial charge on any atom is -0.325 e. The minimum atomic E-state index is -0.282. The van der Waals surface area contributed by atoms with Crippen LogP contribution in [0.1, 0.15) is 43.0 Å². The molecule has 0 saturated heterocycles. The highest BCUT2D eigenvalue weighted by Crippen LogP contribution is 2.31. The first kappa shape index (κ1) is 19.2. The van der Waals surface area contributed by atoms with Gasteiger partial charge in [-0.25, -0.2) is 4.98 Å². The highest BCUT2D eigenvalue weighted by atomic mass is 127. The quantitative estimate of drug-likeness (QED) is 0.489. The number of hydrogen-bond donors (Lipinski definition) is 1. The van der Waals surface area contributed by atoms with Crippen LogP contribution >= 0.6 is 34.4 Å². The van der Waals surface area contributed by atoms with Gasteiger partial charge in [-0.15, -0.1) is 0 Å². The largest absolute Gasteiger partial charge is 0.325 e. The molecular formula is C20H20IN3OS. The van der Waals surface area contributed by atoms with Gasteiger partial charge in [0.2, 0.25) is 5.91 Å². The molecule has 0 fully saturated rings. The van der Waals surface area contributed by atoms with Gasteiger partial charge in [0.1, 0.15) is 11.1 Å². The molecule has 1 atom stereocenters. The van der Waals surface area contributed by atoms with Crippen LogP contribution in [-0.4, -0.2) is 16.1 Å². The van der Waals surface area contributed by atoms with Crippen molar-refractivity contribution in [2.24, 2.45) is 0 Å². The molecule has 1 aliphatic rings. The van der Waals surface area contributed by atoms with Crippen LogP contribution in [0.25, 0.3) is 0 Å². The number of halogens is 1. The Balaban J connectivity index is 1.78. The highest BCUT2D eigenvalue weighted by molar-refractivity contribution is 14.1. The summed E-state index contributed by atoms with van der Waals surface area (Å²) in [4.78, 5) is 17.4. The molecule has 1 unspecified atom stereocenters. The maximum Gasteiger partial charge on any atom is 0.237 e. The highest BCUT2D eigenvalue weighted by Gasteiger charge is 2.22. The van der Waals surface area contributed by atoms with E-state index in [0.717, 1.165) is 40.6 Å². The molecule has 0 aliphatic heterocycles. The molecule has 3 rings (SSSR count). The van der Waals surface area contributed by atoms with Gasteiger partial charge in [-0.3, -0.25) is 4.79 Å². The van der Waals surface area contributed by atoms with E-state index in [-0.39, 0.29) is 11.2 Å². The van der Waals surface area contributed by atoms with E-state index in [0.29, 0.717) is 17.0 Å². The third-order valence-corrected chi connectivity index (χ3v) is 6.50. The predicted octanol–water partition coefficient (Wildman–Crippen LogP) is 4.95. The maximum atomic E-state index is 12.7. The fourth-order valence-corrected chi connectivity index (χ4v) is 4.35. The normalized spacial score (nSPS) is 14.2. The molecular weight excluding hydrogens is 457 g/mol. The number of pyridine rings is 1. The molecule has 4 nitrogen and oxygen atoms in total. The lowest BCUT2D eigenvalue weighted by Crippen LogP contribution is -2.25. The summed E-state index contributed by atoms with van der Waals surface area (Å²) < 4.78 is 1.12. The summed E-state index contributed by atoms with van der Waals surface area (Å²) in [6, 6.07) is 11.9. The zero-order valence-corrected chi connectivity index (χ0v) is 17.6. The van der Waals surface area contributed by atoms with E-state index in [4.69, 9.17) is 4.98 Å². The maximum absolute atomic E-state index is 12.7. The van der Waals surface area contributed by atoms with Gasteiger partial charge in [0, 0.05) is 15.0 Å². The van der Waals surface area contributed by atoms with Gasteiger partial charge in [-0.2, -0.15) is 5.26 Å². The average Bonchev–Trinajstić information content (AvgIpc) is 2.67. The van der Waals surface area contributed by atoms with Crippen molar-refractivity contribution in [3.63, 3.8) is 0 Å². The van der Waals surface area contributed by atoms with E-state index in [1.54, 1.807) is 0 Å². The van der Waals surface area contributed by atoms with E-state index in [2.05, 4.69) is 34.0 Å². The SMILES string of the molecule is CCC(Sc1nc2c(cc1C#N)CCCC2)C(=O)Nc1ccc(I)cc1. The summed E-state index contributed by atoms with van der Waals surface area (Å²) in [6.45, 7) is 1.98. The van der Waals surface area contributed by atoms with Crippen molar-refractivity contribution in [3.05, 3.63) is 50.7 Å². The van der Waals surface area contributed by atoms with E-state index >= 15 is 0 Å². The van der Waals surface area contributed by atoms with Crippen LogP contribution in [0.15, 0.2) is 35.4 Å². The molecule has 0 bridgehead atoms. The molecule has 1 amide bonds. The first-order valence-corrected chi connectivity index (χ1v) is 10.7. The first-order valence-electron chi connectivity index (χ1n) is 8.76. The molecule has 1 aliphatic carbocycles. The van der Waals surface area contributed by atoms with Gasteiger partial charge in [0.15, 0.2) is 0 Å². The van der Waals surface area contributed by atoms with Crippen LogP contribution < -0.4 is 5.32 Å². The fraction of sp³-hybridized carbons (Fsp3) is 0.350. The van der Waals surface area contributed by atoms with Crippen LogP contribution in [-0.2, 0) is 17.6 Å². The summed E-state index contributed by atoms with van der Waals surface area (Å²) in [5.74, 6) is -0.0536. The number of carbonyl (C=O) groups is 1. The van der Waals surface area contributed by atoms with Gasteiger partial charge in [0.05, 0.1) is 10.8 Å². The second kappa shape index (κ2) is 8.87. The summed E-state index contributed by atoms with van der Waals surface area (Å²) >= 11 is 3.63. The molecule has 1 heterocycles. The number of amides is 1. The number of aryl methyl sites for hydroxylation is 2. The molecule has 2 aromatic rings. The van der Waals surface area contributed by atoms with Gasteiger partial charge < -0.3 is 5.32 Å². The fourth-order valence-electron chi connectivity index (χ4n) is 3.00. The lowest BCUT2D eigenvalue weighted by Gasteiger charge is -2.19. The topological polar surface area (TPSA) is 65.8 Å². The van der Waals surface area contributed by atoms with Gasteiger partial charge >= 0.3 is 0 Å². The second-order valence-corrected chi connectivity index (χ2v) is 8.71. The Kier molecular flexibility index (Phi) is 6.54. The molecule has 6 heteroatoms. The number of hydrogen-bond acceptors (Lipinski definition) is 4. The number of aromatic nitrogens is 1. The van der Waals surface area contributed by atoms with Crippen LogP contribution in [0.3, 0.4) is 0 Å². The number of thioether (sulfide) groups is 1. The molecule has 0 saturated carbocycles. The lowest BCUT2D eigenvalue weighted by atomic mass is 9.95. The van der Waals surface area contributed by atoms with Crippen molar-refractivity contribution in [2.45, 2.75) is 49.3 Å². The Morgan fingerprint density at radius 2 is 2.08 bits per heavy atom. The number of nitrogens with one attached hydrogen (secondary N) is 1. The predicted molar refractivity (Wildman–Crippen MR) is 113 cm³/mol. The monoisotopic (exact) mass is 477 g/mol. The Labute approximate surface area is 171 Å². The smallest absolute Gasteiger partial charge is 0.237 e. The molecule has 1 N–H and O–H groups in total. The van der Waals surface area contributed by atoms with Gasteiger partial charge in [-0.05, 0) is 90.6 Å². The lowest BCUT2D eigenvalue weighted by molar-refractivity contribution is -0.115. The minimum absolute atomic E-state index is 0.0536. The Morgan fingerprint density at radius 3 is 2.77 bits per heavy atom. The van der Waals surface area contributed by atoms with Crippen LogP contribution in [0.2, 0.25) is 0 Å². The zero-order valence-electron chi connectivity index (χ0n) is 14.6. The Bertz CT molecular complexity index is 845. The molecule has 0 radical (unpaired) electrons. The second-order valence-electron chi connectivity index (χ2n) is 6.28. The molecule has 134 valence electrons. The number of rotatable bonds is 5. The number of carbonyl (C=O) groups excluding carboxylic acids is 1. The van der Waals surface area contributed by atoms with Crippen molar-refractivity contribution in [2.75, 3.05) is 5.32 Å². The van der Waals surface area contributed by atoms with Gasteiger partial charge in [0.25, 0.3) is 0 Å². The van der Waals surface area contributed by atoms with Crippen molar-refractivity contribution in [3.8, 4) is 6.07 Å². The summed E-state index contributed by atoms with van der Waals surface area (Å²) in [6.07, 6.45) is 4.92. The van der Waals surface area contributed by atoms with Gasteiger partial charge in [-0.1, -0.05) is 18.7 Å². The van der Waals surface area contributed by atoms with Crippen molar-refractivity contribution in [1.82, 2.24) is 4.98 Å². The summed E-state index contributed by atoms with van der Waals surface area (Å²) in [5, 5.41) is 12.9. The Hall–Kier alpha value is -1.59. The zero-order chi connectivity index (χ0) is 18.5. The van der Waals surface area contributed by atoms with E-state index in [1.807, 2.05) is 37.3 Å². The van der Waals surface area contributed by atoms with Crippen LogP contribution in [0, 0.1) is 14.9 Å². The standard InChI is InChI=1S/C20H20IN3OS/c1-2-18(19(25)23-16-9-7-15(21)8-10-16)26-20-14(12-22)11-13-5-3-4-6-17(13)24-20/h7-11,18H,2-6H2,1H3,(H,23,25). The number of fused-ring (bicyclic) bond motifs is 1. The molecule has 1 aromatic heterocycles. The third kappa shape index (κ3) is 4.57. The molecule has 1 aromatic carbocycles. The number of benzene rings is 1. The van der Waals surface area contributed by atoms with Crippen molar-refractivity contribution in [1.29, 1.82) is 5.26 Å². The third-order valence-electron chi connectivity index (χ3n) is 4.42. The van der Waals surface area contributed by atoms with Crippen LogP contribution in [0.5, 0.6) is 0 Å². The van der Waals surface area contributed by atoms with Crippen molar-refractivity contribution < 1.29 is 4.79 Å². The summed E-state index contributed by atoms with van der Waals surface area (Å²) in [7, 11) is 0. The van der Waals surface area contributed by atoms with E-state index in [1.165, 1.54) is 17.3 Å². The number of anilines is 1. The Morgan fingerprint density at radius 1 is 1.35 bits per heavy atom. The van der Waals surface area contributed by atoms with E-state index in [9.17, 15) is 10.1 Å².